The SMILES string of the molecule is COc1ccc2c(c1)C1(CCN(CC=C(C)C)CC1)CN2C(=O)c1ccc2ccccc2c1. The van der Waals surface area contributed by atoms with Crippen LogP contribution in [0.2, 0.25) is 0 Å². The van der Waals surface area contributed by atoms with Crippen LogP contribution in [-0.2, 0) is 5.41 Å². The number of fused-ring (bicyclic) bond motifs is 3. The van der Waals surface area contributed by atoms with Crippen molar-refractivity contribution >= 4 is 22.4 Å². The number of likely N-dealkylation sites (tertiary alicyclic amines) is 1. The van der Waals surface area contributed by atoms with Gasteiger partial charge in [-0.25, -0.2) is 0 Å². The first-order chi connectivity index (χ1) is 16.0. The molecule has 0 unspecified atom stereocenters. The topological polar surface area (TPSA) is 32.8 Å². The highest BCUT2D eigenvalue weighted by Gasteiger charge is 2.46. The van der Waals surface area contributed by atoms with Crippen LogP contribution in [0.25, 0.3) is 10.8 Å². The Morgan fingerprint density at radius 1 is 1.00 bits per heavy atom. The highest BCUT2D eigenvalue weighted by Crippen LogP contribution is 2.48. The second-order valence-corrected chi connectivity index (χ2v) is 9.70. The molecule has 0 bridgehead atoms. The largest absolute Gasteiger partial charge is 0.497 e. The van der Waals surface area contributed by atoms with Crippen molar-refractivity contribution in [1.29, 1.82) is 0 Å². The fourth-order valence-corrected chi connectivity index (χ4v) is 5.34. The van der Waals surface area contributed by atoms with Crippen LogP contribution < -0.4 is 9.64 Å². The smallest absolute Gasteiger partial charge is 0.258 e. The van der Waals surface area contributed by atoms with Crippen molar-refractivity contribution < 1.29 is 9.53 Å². The third-order valence-corrected chi connectivity index (χ3v) is 7.34. The molecule has 0 atom stereocenters. The van der Waals surface area contributed by atoms with Gasteiger partial charge in [-0.2, -0.15) is 0 Å². The van der Waals surface area contributed by atoms with Crippen molar-refractivity contribution in [2.75, 3.05) is 38.2 Å². The number of hydrogen-bond donors (Lipinski definition) is 0. The van der Waals surface area contributed by atoms with Crippen LogP contribution in [0.15, 0.2) is 72.3 Å². The molecule has 2 aliphatic heterocycles. The van der Waals surface area contributed by atoms with Gasteiger partial charge in [-0.05, 0) is 86.4 Å². The molecule has 1 amide bonds. The zero-order chi connectivity index (χ0) is 23.0. The van der Waals surface area contributed by atoms with Gasteiger partial charge >= 0.3 is 0 Å². The van der Waals surface area contributed by atoms with Gasteiger partial charge in [0.1, 0.15) is 5.75 Å². The summed E-state index contributed by atoms with van der Waals surface area (Å²) in [5.74, 6) is 0.941. The summed E-state index contributed by atoms with van der Waals surface area (Å²) in [6.45, 7) is 8.13. The lowest BCUT2D eigenvalue weighted by Crippen LogP contribution is -2.46. The van der Waals surface area contributed by atoms with Crippen molar-refractivity contribution in [1.82, 2.24) is 4.90 Å². The van der Waals surface area contributed by atoms with Gasteiger partial charge in [0, 0.05) is 29.8 Å². The molecule has 0 N–H and O–H groups in total. The standard InChI is InChI=1S/C29H32N2O2/c1-21(2)12-15-30-16-13-29(14-17-30)20-31(27-11-10-25(33-3)19-26(27)29)28(32)24-9-8-22-6-4-5-7-23(22)18-24/h4-12,18-19H,13-17,20H2,1-3H3. The van der Waals surface area contributed by atoms with Crippen LogP contribution in [-0.4, -0.2) is 44.1 Å². The average Bonchev–Trinajstić information content (AvgIpc) is 3.16. The monoisotopic (exact) mass is 440 g/mol. The van der Waals surface area contributed by atoms with E-state index in [0.717, 1.165) is 66.8 Å². The maximum absolute atomic E-state index is 13.8. The molecule has 0 aromatic heterocycles. The summed E-state index contributed by atoms with van der Waals surface area (Å²) in [7, 11) is 1.71. The molecule has 2 heterocycles. The molecule has 3 aromatic carbocycles. The summed E-state index contributed by atoms with van der Waals surface area (Å²) < 4.78 is 5.57. The molecule has 1 fully saturated rings. The van der Waals surface area contributed by atoms with Crippen molar-refractivity contribution in [3.05, 3.63) is 83.4 Å². The van der Waals surface area contributed by atoms with Gasteiger partial charge < -0.3 is 9.64 Å². The van der Waals surface area contributed by atoms with E-state index >= 15 is 0 Å². The van der Waals surface area contributed by atoms with Gasteiger partial charge in [0.25, 0.3) is 5.91 Å². The Hall–Kier alpha value is -3.11. The number of ether oxygens (including phenoxy) is 1. The number of hydrogen-bond acceptors (Lipinski definition) is 3. The van der Waals surface area contributed by atoms with Crippen LogP contribution in [0.5, 0.6) is 5.75 Å². The van der Waals surface area contributed by atoms with Crippen LogP contribution in [0.1, 0.15) is 42.6 Å². The Bertz CT molecular complexity index is 1220. The minimum absolute atomic E-state index is 0.0160. The molecule has 0 saturated carbocycles. The van der Waals surface area contributed by atoms with E-state index in [1.165, 1.54) is 11.1 Å². The second-order valence-electron chi connectivity index (χ2n) is 9.70. The number of allylic oxidation sites excluding steroid dienone is 1. The first-order valence-electron chi connectivity index (χ1n) is 11.8. The van der Waals surface area contributed by atoms with Crippen LogP contribution in [0.4, 0.5) is 5.69 Å². The van der Waals surface area contributed by atoms with E-state index in [1.807, 2.05) is 41.3 Å². The quantitative estimate of drug-likeness (QED) is 0.480. The predicted octanol–water partition coefficient (Wildman–Crippen LogP) is 5.81. The molecule has 0 radical (unpaired) electrons. The Labute approximate surface area is 196 Å². The molecule has 1 saturated heterocycles. The van der Waals surface area contributed by atoms with Crippen LogP contribution >= 0.6 is 0 Å². The third kappa shape index (κ3) is 4.04. The fraction of sp³-hybridized carbons (Fsp3) is 0.345. The predicted molar refractivity (Wildman–Crippen MR) is 135 cm³/mol. The van der Waals surface area contributed by atoms with E-state index in [0.29, 0.717) is 0 Å². The Morgan fingerprint density at radius 2 is 1.76 bits per heavy atom. The van der Waals surface area contributed by atoms with Crippen LogP contribution in [0.3, 0.4) is 0 Å². The first kappa shape index (κ1) is 21.7. The summed E-state index contributed by atoms with van der Waals surface area (Å²) >= 11 is 0. The van der Waals surface area contributed by atoms with Crippen molar-refractivity contribution in [3.8, 4) is 5.75 Å². The first-order valence-corrected chi connectivity index (χ1v) is 11.8. The third-order valence-electron chi connectivity index (χ3n) is 7.34. The summed E-state index contributed by atoms with van der Waals surface area (Å²) in [5.41, 5.74) is 4.38. The maximum atomic E-state index is 13.8. The number of carbonyl (C=O) groups is 1. The van der Waals surface area contributed by atoms with E-state index in [4.69, 9.17) is 4.74 Å². The number of anilines is 1. The van der Waals surface area contributed by atoms with Gasteiger partial charge in [0.2, 0.25) is 0 Å². The van der Waals surface area contributed by atoms with Gasteiger partial charge in [0.05, 0.1) is 7.11 Å². The van der Waals surface area contributed by atoms with Crippen molar-refractivity contribution in [2.45, 2.75) is 32.1 Å². The molecule has 4 nitrogen and oxygen atoms in total. The molecule has 5 rings (SSSR count). The van der Waals surface area contributed by atoms with Crippen molar-refractivity contribution in [2.24, 2.45) is 0 Å². The van der Waals surface area contributed by atoms with Gasteiger partial charge in [-0.3, -0.25) is 9.69 Å². The molecule has 3 aromatic rings. The number of amides is 1. The van der Waals surface area contributed by atoms with Crippen molar-refractivity contribution in [3.63, 3.8) is 0 Å². The Kier molecular flexibility index (Phi) is 5.71. The number of nitrogens with zero attached hydrogens (tertiary/aromatic N) is 2. The molecule has 1 spiro atoms. The number of benzene rings is 3. The Balaban J connectivity index is 1.46. The number of piperidine rings is 1. The second kappa shape index (κ2) is 8.68. The molecule has 2 aliphatic rings. The molecule has 0 aliphatic carbocycles. The van der Waals surface area contributed by atoms with E-state index in [9.17, 15) is 4.79 Å². The number of methoxy groups -OCH3 is 1. The average molecular weight is 441 g/mol. The lowest BCUT2D eigenvalue weighted by molar-refractivity contribution is 0.0978. The lowest BCUT2D eigenvalue weighted by atomic mass is 9.74. The fourth-order valence-electron chi connectivity index (χ4n) is 5.34. The normalized spacial score (nSPS) is 17.2. The number of carbonyl (C=O) groups excluding carboxylic acids is 1. The van der Waals surface area contributed by atoms with E-state index in [-0.39, 0.29) is 11.3 Å². The summed E-state index contributed by atoms with van der Waals surface area (Å²) in [5, 5.41) is 2.25. The molecular formula is C29H32N2O2. The molecular weight excluding hydrogens is 408 g/mol. The minimum Gasteiger partial charge on any atom is -0.497 e. The highest BCUT2D eigenvalue weighted by molar-refractivity contribution is 6.09. The number of rotatable bonds is 4. The van der Waals surface area contributed by atoms with Gasteiger partial charge in [-0.15, -0.1) is 0 Å². The van der Waals surface area contributed by atoms with Crippen LogP contribution in [0, 0.1) is 0 Å². The van der Waals surface area contributed by atoms with E-state index in [1.54, 1.807) is 7.11 Å². The zero-order valence-corrected chi connectivity index (χ0v) is 19.8. The summed E-state index contributed by atoms with van der Waals surface area (Å²) in [6.07, 6.45) is 4.40. The Morgan fingerprint density at radius 3 is 2.48 bits per heavy atom. The molecule has 33 heavy (non-hydrogen) atoms. The molecule has 4 heteroatoms. The van der Waals surface area contributed by atoms with Gasteiger partial charge in [-0.1, -0.05) is 42.0 Å². The zero-order valence-electron chi connectivity index (χ0n) is 19.8. The highest BCUT2D eigenvalue weighted by atomic mass is 16.5. The van der Waals surface area contributed by atoms with Gasteiger partial charge in [0.15, 0.2) is 0 Å². The lowest BCUT2D eigenvalue weighted by Gasteiger charge is -2.39. The molecule has 170 valence electrons. The summed E-state index contributed by atoms with van der Waals surface area (Å²) in [4.78, 5) is 18.3. The minimum atomic E-state index is -0.0160. The maximum Gasteiger partial charge on any atom is 0.258 e. The van der Waals surface area contributed by atoms with E-state index in [2.05, 4.69) is 49.1 Å². The summed E-state index contributed by atoms with van der Waals surface area (Å²) in [6, 6.07) is 20.4. The van der Waals surface area contributed by atoms with E-state index < -0.39 is 0 Å².